The molecule has 5 heteroatoms. The van der Waals surface area contributed by atoms with Gasteiger partial charge < -0.3 is 15.4 Å². The third kappa shape index (κ3) is 8.15. The molecule has 2 aromatic carbocycles. The minimum Gasteiger partial charge on any atom is -0.494 e. The summed E-state index contributed by atoms with van der Waals surface area (Å²) < 4.78 is 5.72. The van der Waals surface area contributed by atoms with Crippen LogP contribution in [0.4, 0.5) is 5.69 Å². The van der Waals surface area contributed by atoms with E-state index in [-0.39, 0.29) is 16.9 Å². The average Bonchev–Trinajstić information content (AvgIpc) is 2.68. The summed E-state index contributed by atoms with van der Waals surface area (Å²) in [7, 11) is 0. The summed E-state index contributed by atoms with van der Waals surface area (Å²) in [6.07, 6.45) is 2.06. The molecule has 0 aliphatic carbocycles. The molecule has 0 heterocycles. The van der Waals surface area contributed by atoms with Gasteiger partial charge in [-0.2, -0.15) is 0 Å². The largest absolute Gasteiger partial charge is 0.494 e. The Kier molecular flexibility index (Phi) is 9.31. The van der Waals surface area contributed by atoms with Gasteiger partial charge in [0.2, 0.25) is 5.91 Å². The molecule has 0 aromatic heterocycles. The first-order valence-electron chi connectivity index (χ1n) is 10.7. The van der Waals surface area contributed by atoms with Crippen LogP contribution in [-0.2, 0) is 11.2 Å². The van der Waals surface area contributed by atoms with Crippen molar-refractivity contribution in [3.63, 3.8) is 0 Å². The molecule has 0 saturated carbocycles. The second-order valence-corrected chi connectivity index (χ2v) is 8.97. The minimum atomic E-state index is -0.283. The van der Waals surface area contributed by atoms with Crippen molar-refractivity contribution in [2.24, 2.45) is 11.8 Å². The summed E-state index contributed by atoms with van der Waals surface area (Å²) in [6, 6.07) is 15.8. The van der Waals surface area contributed by atoms with Crippen molar-refractivity contribution >= 4 is 28.9 Å². The molecule has 0 saturated heterocycles. The number of carbonyl (C=O) groups excluding carboxylic acids is 1. The number of rotatable bonds is 9. The summed E-state index contributed by atoms with van der Waals surface area (Å²) in [5.74, 6) is 1.64. The van der Waals surface area contributed by atoms with Gasteiger partial charge in [0.25, 0.3) is 0 Å². The van der Waals surface area contributed by atoms with Crippen LogP contribution in [0, 0.1) is 11.8 Å². The third-order valence-electron chi connectivity index (χ3n) is 4.83. The van der Waals surface area contributed by atoms with Gasteiger partial charge in [-0.05, 0) is 79.2 Å². The Balaban J connectivity index is 1.84. The van der Waals surface area contributed by atoms with Crippen molar-refractivity contribution in [2.45, 2.75) is 53.4 Å². The molecule has 0 fully saturated rings. The minimum absolute atomic E-state index is 0.127. The Bertz CT molecular complexity index is 814. The van der Waals surface area contributed by atoms with Crippen molar-refractivity contribution in [1.29, 1.82) is 0 Å². The molecule has 30 heavy (non-hydrogen) atoms. The lowest BCUT2D eigenvalue weighted by Gasteiger charge is -2.15. The van der Waals surface area contributed by atoms with Gasteiger partial charge in [-0.15, -0.1) is 0 Å². The topological polar surface area (TPSA) is 50.4 Å². The zero-order valence-corrected chi connectivity index (χ0v) is 19.5. The highest BCUT2D eigenvalue weighted by atomic mass is 32.1. The predicted octanol–water partition coefficient (Wildman–Crippen LogP) is 5.93. The van der Waals surface area contributed by atoms with Gasteiger partial charge in [0.1, 0.15) is 5.75 Å². The highest BCUT2D eigenvalue weighted by Crippen LogP contribution is 2.19. The summed E-state index contributed by atoms with van der Waals surface area (Å²) in [5, 5.41) is 6.13. The maximum absolute atomic E-state index is 12.6. The monoisotopic (exact) mass is 426 g/mol. The van der Waals surface area contributed by atoms with Gasteiger partial charge in [-0.3, -0.25) is 4.79 Å². The van der Waals surface area contributed by atoms with Crippen molar-refractivity contribution in [2.75, 3.05) is 11.9 Å². The molecule has 0 radical (unpaired) electrons. The van der Waals surface area contributed by atoms with Gasteiger partial charge >= 0.3 is 0 Å². The van der Waals surface area contributed by atoms with Gasteiger partial charge in [-0.1, -0.05) is 52.0 Å². The normalized spacial score (nSPS) is 12.0. The molecule has 0 spiro atoms. The number of hydrogen-bond acceptors (Lipinski definition) is 3. The van der Waals surface area contributed by atoms with E-state index < -0.39 is 0 Å². The molecular formula is C25H34N2O2S. The van der Waals surface area contributed by atoms with Crippen LogP contribution in [-0.4, -0.2) is 17.6 Å². The maximum atomic E-state index is 12.6. The summed E-state index contributed by atoms with van der Waals surface area (Å²) in [4.78, 5) is 12.6. The third-order valence-corrected chi connectivity index (χ3v) is 5.03. The van der Waals surface area contributed by atoms with Crippen LogP contribution in [0.25, 0.3) is 0 Å². The molecule has 0 bridgehead atoms. The zero-order valence-electron chi connectivity index (χ0n) is 18.7. The van der Waals surface area contributed by atoms with Crippen molar-refractivity contribution < 1.29 is 9.53 Å². The molecule has 2 aromatic rings. The lowest BCUT2D eigenvalue weighted by Crippen LogP contribution is -2.36. The molecule has 2 N–H and O–H groups in total. The summed E-state index contributed by atoms with van der Waals surface area (Å²) >= 11 is 5.31. The Morgan fingerprint density at radius 1 is 0.933 bits per heavy atom. The fraction of sp³-hybridized carbons (Fsp3) is 0.440. The average molecular weight is 427 g/mol. The SMILES string of the molecule is CC(C)CCOc1ccc(NC(=S)NC(=O)C(C)c2ccc(CC(C)C)cc2)cc1. The quantitative estimate of drug-likeness (QED) is 0.488. The van der Waals surface area contributed by atoms with E-state index in [2.05, 4.69) is 50.5 Å². The highest BCUT2D eigenvalue weighted by molar-refractivity contribution is 7.80. The first-order valence-corrected chi connectivity index (χ1v) is 11.1. The number of thiocarbonyl (C=S) groups is 1. The predicted molar refractivity (Wildman–Crippen MR) is 129 cm³/mol. The van der Waals surface area contributed by atoms with E-state index in [4.69, 9.17) is 17.0 Å². The Hall–Kier alpha value is -2.40. The molecular weight excluding hydrogens is 392 g/mol. The van der Waals surface area contributed by atoms with Crippen LogP contribution in [0.3, 0.4) is 0 Å². The van der Waals surface area contributed by atoms with E-state index in [1.807, 2.05) is 43.3 Å². The number of hydrogen-bond donors (Lipinski definition) is 2. The molecule has 162 valence electrons. The van der Waals surface area contributed by atoms with E-state index in [0.717, 1.165) is 29.8 Å². The van der Waals surface area contributed by atoms with E-state index in [1.165, 1.54) is 5.56 Å². The lowest BCUT2D eigenvalue weighted by molar-refractivity contribution is -0.120. The molecule has 0 aliphatic heterocycles. The standard InChI is InChI=1S/C25H34N2O2S/c1-17(2)14-15-29-23-12-10-22(11-13-23)26-25(30)27-24(28)19(5)21-8-6-20(7-9-21)16-18(3)4/h6-13,17-19H,14-16H2,1-5H3,(H2,26,27,28,30). The molecule has 4 nitrogen and oxygen atoms in total. The first kappa shape index (κ1) is 23.9. The van der Waals surface area contributed by atoms with Crippen LogP contribution in [0.2, 0.25) is 0 Å². The van der Waals surface area contributed by atoms with Crippen LogP contribution in [0.1, 0.15) is 58.1 Å². The van der Waals surface area contributed by atoms with E-state index in [0.29, 0.717) is 18.4 Å². The van der Waals surface area contributed by atoms with Crippen LogP contribution >= 0.6 is 12.2 Å². The van der Waals surface area contributed by atoms with E-state index in [9.17, 15) is 4.79 Å². The highest BCUT2D eigenvalue weighted by Gasteiger charge is 2.16. The first-order chi connectivity index (χ1) is 14.2. The van der Waals surface area contributed by atoms with Gasteiger partial charge in [-0.25, -0.2) is 0 Å². The summed E-state index contributed by atoms with van der Waals surface area (Å²) in [6.45, 7) is 11.3. The van der Waals surface area contributed by atoms with Crippen molar-refractivity contribution in [1.82, 2.24) is 5.32 Å². The van der Waals surface area contributed by atoms with Crippen molar-refractivity contribution in [3.05, 3.63) is 59.7 Å². The second-order valence-electron chi connectivity index (χ2n) is 8.56. The number of benzene rings is 2. The summed E-state index contributed by atoms with van der Waals surface area (Å²) in [5.41, 5.74) is 3.07. The van der Waals surface area contributed by atoms with Gasteiger partial charge in [0, 0.05) is 5.69 Å². The Morgan fingerprint density at radius 3 is 2.13 bits per heavy atom. The van der Waals surface area contributed by atoms with Crippen LogP contribution < -0.4 is 15.4 Å². The molecule has 2 rings (SSSR count). The Labute approximate surface area is 186 Å². The number of anilines is 1. The van der Waals surface area contributed by atoms with Crippen LogP contribution in [0.15, 0.2) is 48.5 Å². The van der Waals surface area contributed by atoms with Gasteiger partial charge in [0.05, 0.1) is 12.5 Å². The molecule has 1 atom stereocenters. The smallest absolute Gasteiger partial charge is 0.233 e. The number of amides is 1. The van der Waals surface area contributed by atoms with Crippen LogP contribution in [0.5, 0.6) is 5.75 Å². The van der Waals surface area contributed by atoms with Gasteiger partial charge in [0.15, 0.2) is 5.11 Å². The number of ether oxygens (including phenoxy) is 1. The lowest BCUT2D eigenvalue weighted by atomic mass is 9.96. The zero-order chi connectivity index (χ0) is 22.1. The maximum Gasteiger partial charge on any atom is 0.233 e. The fourth-order valence-electron chi connectivity index (χ4n) is 2.99. The fourth-order valence-corrected chi connectivity index (χ4v) is 3.21. The molecule has 1 amide bonds. The Morgan fingerprint density at radius 2 is 1.57 bits per heavy atom. The molecule has 1 unspecified atom stereocenters. The van der Waals surface area contributed by atoms with E-state index in [1.54, 1.807) is 0 Å². The van der Waals surface area contributed by atoms with E-state index >= 15 is 0 Å². The number of carbonyl (C=O) groups is 1. The second kappa shape index (κ2) is 11.7. The van der Waals surface area contributed by atoms with Crippen molar-refractivity contribution in [3.8, 4) is 5.75 Å². The molecule has 0 aliphatic rings. The number of nitrogens with one attached hydrogen (secondary N) is 2.